The summed E-state index contributed by atoms with van der Waals surface area (Å²) in [5, 5.41) is 25.5. The normalized spacial score (nSPS) is 35.9. The number of carbonyl (C=O) groups is 2. The first-order valence-electron chi connectivity index (χ1n) is 18.0. The molecule has 5 rings (SSSR count). The van der Waals surface area contributed by atoms with Crippen molar-refractivity contribution < 1.29 is 29.3 Å². The van der Waals surface area contributed by atoms with E-state index in [0.29, 0.717) is 43.9 Å². The van der Waals surface area contributed by atoms with Crippen LogP contribution < -0.4 is 0 Å². The van der Waals surface area contributed by atoms with Crippen LogP contribution in [0, 0.1) is 34.5 Å². The maximum atomic E-state index is 13.2. The average Bonchev–Trinajstić information content (AvgIpc) is 3.70. The Bertz CT molecular complexity index is 1190. The highest BCUT2D eigenvalue weighted by Crippen LogP contribution is 2.69. The summed E-state index contributed by atoms with van der Waals surface area (Å²) in [7, 11) is 0. The molecule has 0 amide bonds. The molecule has 2 N–H and O–H groups in total. The molecule has 0 bridgehead atoms. The van der Waals surface area contributed by atoms with Crippen molar-refractivity contribution in [2.75, 3.05) is 6.61 Å². The summed E-state index contributed by atoms with van der Waals surface area (Å²) in [6.07, 6.45) is 14.5. The van der Waals surface area contributed by atoms with Gasteiger partial charge in [-0.3, -0.25) is 4.79 Å². The highest BCUT2D eigenvalue weighted by atomic mass is 16.5. The van der Waals surface area contributed by atoms with Gasteiger partial charge in [-0.2, -0.15) is 0 Å². The van der Waals surface area contributed by atoms with Crippen molar-refractivity contribution in [1.29, 1.82) is 0 Å². The third kappa shape index (κ3) is 6.93. The van der Waals surface area contributed by atoms with Crippen molar-refractivity contribution >= 4 is 11.9 Å². The Labute approximate surface area is 271 Å². The van der Waals surface area contributed by atoms with E-state index in [9.17, 15) is 19.8 Å². The van der Waals surface area contributed by atoms with Crippen LogP contribution in [0.4, 0.5) is 0 Å². The maximum Gasteiger partial charge on any atom is 0.331 e. The number of hydrogen-bond acceptors (Lipinski definition) is 6. The molecule has 4 aliphatic rings. The molecule has 8 unspecified atom stereocenters. The van der Waals surface area contributed by atoms with E-state index in [0.717, 1.165) is 56.9 Å². The largest absolute Gasteiger partial charge is 0.462 e. The van der Waals surface area contributed by atoms with Gasteiger partial charge in [-0.1, -0.05) is 83.2 Å². The minimum absolute atomic E-state index is 0.134. The fraction of sp³-hybridized carbons (Fsp3) is 0.744. The lowest BCUT2D eigenvalue weighted by Crippen LogP contribution is -2.73. The topological polar surface area (TPSA) is 93.1 Å². The van der Waals surface area contributed by atoms with Gasteiger partial charge in [-0.15, -0.1) is 0 Å². The minimum Gasteiger partial charge on any atom is -0.462 e. The second kappa shape index (κ2) is 14.3. The smallest absolute Gasteiger partial charge is 0.331 e. The van der Waals surface area contributed by atoms with E-state index in [1.807, 2.05) is 0 Å². The van der Waals surface area contributed by atoms with Crippen LogP contribution in [0.2, 0.25) is 0 Å². The molecule has 0 spiro atoms. The number of cyclic esters (lactones) is 1. The predicted molar refractivity (Wildman–Crippen MR) is 176 cm³/mol. The van der Waals surface area contributed by atoms with Crippen LogP contribution in [-0.4, -0.2) is 46.6 Å². The Kier molecular flexibility index (Phi) is 10.9. The van der Waals surface area contributed by atoms with Crippen molar-refractivity contribution in [2.24, 2.45) is 34.5 Å². The van der Waals surface area contributed by atoms with Gasteiger partial charge in [-0.05, 0) is 98.5 Å². The monoisotopic (exact) mass is 622 g/mol. The van der Waals surface area contributed by atoms with Crippen molar-refractivity contribution in [2.45, 2.75) is 142 Å². The Morgan fingerprint density at radius 1 is 1.07 bits per heavy atom. The van der Waals surface area contributed by atoms with Crippen LogP contribution in [0.15, 0.2) is 42.0 Å². The Hall–Kier alpha value is -2.18. The molecule has 1 aliphatic heterocycles. The first-order valence-corrected chi connectivity index (χ1v) is 18.0. The van der Waals surface area contributed by atoms with E-state index in [1.54, 1.807) is 6.08 Å². The standard InChI is InChI=1S/C39H58O6/c1-27(12-10-16-30-14-6-5-7-15-30)13-11-21-38-34(41)20-22-37(4,32-17-8-9-18-32)36(38)33(45-29(3)40)24-28(2)39(38,43)23-19-31-25-35(42)44-26-31/h5-7,14-15,25,27-28,32-34,36,41,43H,8-13,16-24,26H2,1-4H3. The van der Waals surface area contributed by atoms with E-state index in [1.165, 1.54) is 25.3 Å². The zero-order valence-corrected chi connectivity index (χ0v) is 28.3. The number of aryl methyl sites for hydroxylation is 1. The lowest BCUT2D eigenvalue weighted by Gasteiger charge is -2.69. The molecule has 3 saturated carbocycles. The van der Waals surface area contributed by atoms with Crippen molar-refractivity contribution in [3.05, 3.63) is 47.5 Å². The molecule has 1 aromatic carbocycles. The number of rotatable bonds is 13. The van der Waals surface area contributed by atoms with E-state index in [4.69, 9.17) is 9.47 Å². The number of ether oxygens (including phenoxy) is 2. The van der Waals surface area contributed by atoms with Crippen molar-refractivity contribution in [3.8, 4) is 0 Å². The zero-order chi connectivity index (χ0) is 32.2. The van der Waals surface area contributed by atoms with Crippen LogP contribution >= 0.6 is 0 Å². The van der Waals surface area contributed by atoms with Crippen molar-refractivity contribution in [3.63, 3.8) is 0 Å². The molecule has 6 nitrogen and oxygen atoms in total. The summed E-state index contributed by atoms with van der Waals surface area (Å²) >= 11 is 0. The Morgan fingerprint density at radius 2 is 1.78 bits per heavy atom. The van der Waals surface area contributed by atoms with Gasteiger partial charge in [0.05, 0.1) is 11.7 Å². The van der Waals surface area contributed by atoms with Gasteiger partial charge in [0.2, 0.25) is 0 Å². The first kappa shape index (κ1) is 34.2. The second-order valence-corrected chi connectivity index (χ2v) is 15.6. The number of aliphatic hydroxyl groups is 2. The molecule has 3 fully saturated rings. The molecular weight excluding hydrogens is 564 g/mol. The number of benzene rings is 1. The van der Waals surface area contributed by atoms with Gasteiger partial charge in [0.1, 0.15) is 12.7 Å². The fourth-order valence-electron chi connectivity index (χ4n) is 10.6. The molecule has 6 heteroatoms. The van der Waals surface area contributed by atoms with Crippen LogP contribution in [-0.2, 0) is 25.5 Å². The van der Waals surface area contributed by atoms with Gasteiger partial charge in [-0.25, -0.2) is 4.79 Å². The molecule has 3 aliphatic carbocycles. The highest BCUT2D eigenvalue weighted by molar-refractivity contribution is 5.85. The Morgan fingerprint density at radius 3 is 2.44 bits per heavy atom. The summed E-state index contributed by atoms with van der Waals surface area (Å²) in [5.41, 5.74) is 0.165. The molecule has 8 atom stereocenters. The van der Waals surface area contributed by atoms with Crippen LogP contribution in [0.25, 0.3) is 0 Å². The first-order chi connectivity index (χ1) is 21.5. The summed E-state index contributed by atoms with van der Waals surface area (Å²) in [6.45, 7) is 8.58. The SMILES string of the molecule is CC(=O)OC1CC(C)C(O)(CCC2=CC(=O)OC2)C2(CCCC(C)CCCc3ccccc3)C(O)CCC(C)(C3CCCC3)C12. The van der Waals surface area contributed by atoms with Crippen LogP contribution in [0.1, 0.15) is 123 Å². The lowest BCUT2D eigenvalue weighted by molar-refractivity contribution is -0.300. The van der Waals surface area contributed by atoms with E-state index in [2.05, 4.69) is 51.1 Å². The Balaban J connectivity index is 1.45. The number of fused-ring (bicyclic) bond motifs is 1. The quantitative estimate of drug-likeness (QED) is 0.219. The molecule has 0 saturated heterocycles. The molecular formula is C39H58O6. The second-order valence-electron chi connectivity index (χ2n) is 15.6. The fourth-order valence-corrected chi connectivity index (χ4v) is 10.6. The molecule has 1 aromatic rings. The minimum atomic E-state index is -1.17. The van der Waals surface area contributed by atoms with Gasteiger partial charge in [0.25, 0.3) is 0 Å². The van der Waals surface area contributed by atoms with E-state index < -0.39 is 17.1 Å². The maximum absolute atomic E-state index is 13.2. The summed E-state index contributed by atoms with van der Waals surface area (Å²) in [4.78, 5) is 24.5. The molecule has 1 heterocycles. The molecule has 0 aromatic heterocycles. The van der Waals surface area contributed by atoms with Crippen LogP contribution in [0.5, 0.6) is 0 Å². The van der Waals surface area contributed by atoms with Gasteiger partial charge >= 0.3 is 11.9 Å². The van der Waals surface area contributed by atoms with Gasteiger partial charge in [0, 0.05) is 24.3 Å². The zero-order valence-electron chi connectivity index (χ0n) is 28.3. The highest BCUT2D eigenvalue weighted by Gasteiger charge is 2.71. The molecule has 45 heavy (non-hydrogen) atoms. The number of aliphatic hydroxyl groups excluding tert-OH is 1. The lowest BCUT2D eigenvalue weighted by atomic mass is 9.38. The van der Waals surface area contributed by atoms with Crippen LogP contribution in [0.3, 0.4) is 0 Å². The predicted octanol–water partition coefficient (Wildman–Crippen LogP) is 7.74. The van der Waals surface area contributed by atoms with E-state index in [-0.39, 0.29) is 41.9 Å². The third-order valence-corrected chi connectivity index (χ3v) is 12.8. The summed E-state index contributed by atoms with van der Waals surface area (Å²) in [5.74, 6) is 0.121. The number of hydrogen-bond donors (Lipinski definition) is 2. The molecule has 250 valence electrons. The third-order valence-electron chi connectivity index (χ3n) is 12.8. The summed E-state index contributed by atoms with van der Waals surface area (Å²) < 4.78 is 11.4. The van der Waals surface area contributed by atoms with Crippen molar-refractivity contribution in [1.82, 2.24) is 0 Å². The van der Waals surface area contributed by atoms with Gasteiger partial charge < -0.3 is 19.7 Å². The number of carbonyl (C=O) groups excluding carboxylic acids is 2. The number of esters is 2. The van der Waals surface area contributed by atoms with E-state index >= 15 is 0 Å². The molecule has 0 radical (unpaired) electrons. The van der Waals surface area contributed by atoms with Gasteiger partial charge in [0.15, 0.2) is 0 Å². The average molecular weight is 623 g/mol. The summed E-state index contributed by atoms with van der Waals surface area (Å²) in [6, 6.07) is 10.7.